The molecule has 2 aromatic rings. The number of fused-ring (bicyclic) bond motifs is 2. The molecular formula is C11H9N3S. The maximum Gasteiger partial charge on any atom is 0.182 e. The molecule has 0 aromatic carbocycles. The van der Waals surface area contributed by atoms with Crippen molar-refractivity contribution in [2.24, 2.45) is 0 Å². The van der Waals surface area contributed by atoms with Gasteiger partial charge in [0.1, 0.15) is 0 Å². The van der Waals surface area contributed by atoms with E-state index in [1.165, 1.54) is 11.3 Å². The molecule has 0 atom stereocenters. The summed E-state index contributed by atoms with van der Waals surface area (Å²) in [4.78, 5) is 8.70. The van der Waals surface area contributed by atoms with Crippen molar-refractivity contribution >= 4 is 32.9 Å². The van der Waals surface area contributed by atoms with Gasteiger partial charge < -0.3 is 5.73 Å². The Morgan fingerprint density at radius 3 is 3.13 bits per heavy atom. The van der Waals surface area contributed by atoms with Crippen LogP contribution in [0.4, 0.5) is 5.13 Å². The second kappa shape index (κ2) is 3.17. The fourth-order valence-electron chi connectivity index (χ4n) is 1.66. The highest BCUT2D eigenvalue weighted by Gasteiger charge is 2.08. The fourth-order valence-corrected chi connectivity index (χ4v) is 2.38. The number of allylic oxidation sites excluding steroid dienone is 3. The Labute approximate surface area is 91.0 Å². The number of nitrogens with zero attached hydrogens (tertiary/aromatic N) is 2. The maximum absolute atomic E-state index is 5.66. The summed E-state index contributed by atoms with van der Waals surface area (Å²) in [6, 6.07) is 2.11. The van der Waals surface area contributed by atoms with E-state index >= 15 is 0 Å². The lowest BCUT2D eigenvalue weighted by atomic mass is 10.1. The summed E-state index contributed by atoms with van der Waals surface area (Å²) < 4.78 is 1.05. The van der Waals surface area contributed by atoms with Gasteiger partial charge in [-0.15, -0.1) is 0 Å². The number of anilines is 1. The van der Waals surface area contributed by atoms with Crippen molar-refractivity contribution in [2.45, 2.75) is 6.42 Å². The summed E-state index contributed by atoms with van der Waals surface area (Å²) in [6.45, 7) is 0. The second-order valence-corrected chi connectivity index (χ2v) is 4.45. The zero-order chi connectivity index (χ0) is 10.3. The molecule has 3 rings (SSSR count). The van der Waals surface area contributed by atoms with E-state index in [0.29, 0.717) is 5.13 Å². The molecule has 4 heteroatoms. The molecule has 0 amide bonds. The van der Waals surface area contributed by atoms with Gasteiger partial charge in [-0.25, -0.2) is 9.97 Å². The molecule has 0 fully saturated rings. The van der Waals surface area contributed by atoms with Crippen LogP contribution in [0.3, 0.4) is 0 Å². The predicted molar refractivity (Wildman–Crippen MR) is 63.7 cm³/mol. The summed E-state index contributed by atoms with van der Waals surface area (Å²) in [5.41, 5.74) is 8.65. The third kappa shape index (κ3) is 1.43. The van der Waals surface area contributed by atoms with Crippen LogP contribution in [-0.4, -0.2) is 9.97 Å². The minimum atomic E-state index is 0.581. The Hall–Kier alpha value is -1.68. The molecule has 1 aliphatic rings. The Bertz CT molecular complexity index is 581. The van der Waals surface area contributed by atoms with Gasteiger partial charge in [-0.2, -0.15) is 0 Å². The first-order valence-corrected chi connectivity index (χ1v) is 5.54. The van der Waals surface area contributed by atoms with E-state index in [-0.39, 0.29) is 0 Å². The summed E-state index contributed by atoms with van der Waals surface area (Å²) >= 11 is 1.48. The lowest BCUT2D eigenvalue weighted by Gasteiger charge is -2.00. The lowest BCUT2D eigenvalue weighted by Crippen LogP contribution is -1.92. The van der Waals surface area contributed by atoms with Crippen LogP contribution in [0, 0.1) is 0 Å². The number of pyridine rings is 1. The van der Waals surface area contributed by atoms with Crippen molar-refractivity contribution in [3.8, 4) is 0 Å². The van der Waals surface area contributed by atoms with Crippen molar-refractivity contribution in [2.75, 3.05) is 5.73 Å². The average Bonchev–Trinajstić information content (AvgIpc) is 2.44. The molecule has 0 bridgehead atoms. The van der Waals surface area contributed by atoms with Gasteiger partial charge in [-0.3, -0.25) is 0 Å². The van der Waals surface area contributed by atoms with Crippen LogP contribution >= 0.6 is 11.3 Å². The molecule has 3 nitrogen and oxygen atoms in total. The standard InChI is InChI=1S/C11H9N3S/c12-11-14-10-9(15-11)6-7-4-2-1-3-5-8(7)13-10/h1-4,6H,5H2,(H2,12,13,14). The molecule has 0 aliphatic heterocycles. The van der Waals surface area contributed by atoms with Crippen LogP contribution in [-0.2, 0) is 6.42 Å². The van der Waals surface area contributed by atoms with E-state index < -0.39 is 0 Å². The number of rotatable bonds is 0. The molecule has 2 aromatic heterocycles. The van der Waals surface area contributed by atoms with Crippen molar-refractivity contribution in [3.63, 3.8) is 0 Å². The first-order valence-electron chi connectivity index (χ1n) is 4.72. The molecule has 0 spiro atoms. The van der Waals surface area contributed by atoms with Gasteiger partial charge >= 0.3 is 0 Å². The molecule has 2 heterocycles. The van der Waals surface area contributed by atoms with E-state index in [0.717, 1.165) is 28.0 Å². The third-order valence-corrected chi connectivity index (χ3v) is 3.17. The summed E-state index contributed by atoms with van der Waals surface area (Å²) in [7, 11) is 0. The van der Waals surface area contributed by atoms with Gasteiger partial charge in [0, 0.05) is 6.42 Å². The number of aromatic nitrogens is 2. The Balaban J connectivity index is 2.29. The van der Waals surface area contributed by atoms with Gasteiger partial charge in [-0.1, -0.05) is 35.6 Å². The summed E-state index contributed by atoms with van der Waals surface area (Å²) in [6.07, 6.45) is 9.09. The van der Waals surface area contributed by atoms with Gasteiger partial charge in [-0.05, 0) is 11.6 Å². The van der Waals surface area contributed by atoms with Crippen LogP contribution < -0.4 is 5.73 Å². The fraction of sp³-hybridized carbons (Fsp3) is 0.0909. The van der Waals surface area contributed by atoms with E-state index in [2.05, 4.69) is 28.2 Å². The van der Waals surface area contributed by atoms with Crippen LogP contribution in [0.5, 0.6) is 0 Å². The highest BCUT2D eigenvalue weighted by Crippen LogP contribution is 2.26. The molecule has 0 saturated heterocycles. The first-order chi connectivity index (χ1) is 7.33. The smallest absolute Gasteiger partial charge is 0.182 e. The largest absolute Gasteiger partial charge is 0.375 e. The van der Waals surface area contributed by atoms with Crippen molar-refractivity contribution in [1.82, 2.24) is 9.97 Å². The number of hydrogen-bond donors (Lipinski definition) is 1. The first kappa shape index (κ1) is 8.61. The Kier molecular flexibility index (Phi) is 1.82. The second-order valence-electron chi connectivity index (χ2n) is 3.39. The lowest BCUT2D eigenvalue weighted by molar-refractivity contribution is 1.12. The van der Waals surface area contributed by atoms with E-state index in [4.69, 9.17) is 5.73 Å². The zero-order valence-corrected chi connectivity index (χ0v) is 8.79. The predicted octanol–water partition coefficient (Wildman–Crippen LogP) is 2.40. The molecule has 15 heavy (non-hydrogen) atoms. The normalized spacial score (nSPS) is 14.1. The third-order valence-electron chi connectivity index (χ3n) is 2.35. The highest BCUT2D eigenvalue weighted by atomic mass is 32.1. The molecule has 0 saturated carbocycles. The number of nitrogens with two attached hydrogens (primary N) is 1. The van der Waals surface area contributed by atoms with Crippen LogP contribution in [0.1, 0.15) is 11.3 Å². The van der Waals surface area contributed by atoms with Crippen molar-refractivity contribution < 1.29 is 0 Å². The van der Waals surface area contributed by atoms with Crippen LogP contribution in [0.25, 0.3) is 16.4 Å². The van der Waals surface area contributed by atoms with Crippen LogP contribution in [0.2, 0.25) is 0 Å². The summed E-state index contributed by atoms with van der Waals surface area (Å²) in [5, 5.41) is 0.581. The van der Waals surface area contributed by atoms with Gasteiger partial charge in [0.05, 0.1) is 10.4 Å². The molecular weight excluding hydrogens is 206 g/mol. The zero-order valence-electron chi connectivity index (χ0n) is 7.97. The van der Waals surface area contributed by atoms with Gasteiger partial charge in [0.2, 0.25) is 0 Å². The van der Waals surface area contributed by atoms with E-state index in [9.17, 15) is 0 Å². The van der Waals surface area contributed by atoms with Gasteiger partial charge in [0.25, 0.3) is 0 Å². The summed E-state index contributed by atoms with van der Waals surface area (Å²) in [5.74, 6) is 0. The Morgan fingerprint density at radius 2 is 2.20 bits per heavy atom. The quantitative estimate of drug-likeness (QED) is 0.734. The van der Waals surface area contributed by atoms with E-state index in [1.54, 1.807) is 0 Å². The Morgan fingerprint density at radius 1 is 1.27 bits per heavy atom. The molecule has 0 unspecified atom stereocenters. The number of nitrogen functional groups attached to an aromatic ring is 1. The number of hydrogen-bond acceptors (Lipinski definition) is 4. The van der Waals surface area contributed by atoms with Crippen LogP contribution in [0.15, 0.2) is 24.3 Å². The minimum absolute atomic E-state index is 0.581. The van der Waals surface area contributed by atoms with Crippen molar-refractivity contribution in [1.29, 1.82) is 0 Å². The number of thiazole rings is 1. The van der Waals surface area contributed by atoms with Crippen molar-refractivity contribution in [3.05, 3.63) is 35.6 Å². The topological polar surface area (TPSA) is 51.8 Å². The maximum atomic E-state index is 5.66. The monoisotopic (exact) mass is 215 g/mol. The molecule has 2 N–H and O–H groups in total. The average molecular weight is 215 g/mol. The van der Waals surface area contributed by atoms with E-state index in [1.807, 2.05) is 12.2 Å². The van der Waals surface area contributed by atoms with Gasteiger partial charge in [0.15, 0.2) is 10.8 Å². The minimum Gasteiger partial charge on any atom is -0.375 e. The molecule has 0 radical (unpaired) electrons. The molecule has 74 valence electrons. The SMILES string of the molecule is Nc1nc2nc3c(cc2s1)C=CC=CC3. The molecule has 1 aliphatic carbocycles. The highest BCUT2D eigenvalue weighted by molar-refractivity contribution is 7.22.